The van der Waals surface area contributed by atoms with Gasteiger partial charge in [0.05, 0.1) is 0 Å². The Kier molecular flexibility index (Phi) is 8.60. The third kappa shape index (κ3) is 6.92. The number of nitrogens with zero attached hydrogens (tertiary/aromatic N) is 3. The topological polar surface area (TPSA) is 21.8 Å². The maximum atomic E-state index is 4.79. The van der Waals surface area contributed by atoms with Crippen LogP contribution in [0.5, 0.6) is 0 Å². The van der Waals surface area contributed by atoms with Crippen LogP contribution in [0.25, 0.3) is 5.57 Å². The van der Waals surface area contributed by atoms with Crippen molar-refractivity contribution in [3.63, 3.8) is 0 Å². The Morgan fingerprint density at radius 2 is 1.55 bits per heavy atom. The van der Waals surface area contributed by atoms with E-state index in [1.165, 1.54) is 16.8 Å². The molecule has 4 nitrogen and oxygen atoms in total. The Labute approximate surface area is 201 Å². The Bertz CT molecular complexity index is 858. The van der Waals surface area contributed by atoms with E-state index in [1.807, 2.05) is 0 Å². The van der Waals surface area contributed by atoms with E-state index in [0.717, 1.165) is 78.2 Å². The molecule has 4 heteroatoms. The standard InChI is InChI=1S/C29H41N4/c1-29(15-17-30-2,25-32-18-13-27(14-19-32)26-9-5-3-6-10-26)16-20-31-21-23-33(24-22-31)28-11-7-4-8-12-28/h3-13,30H,1,14-25H2,2H3. The summed E-state index contributed by atoms with van der Waals surface area (Å²) in [6.45, 7) is 14.7. The molecule has 2 heterocycles. The van der Waals surface area contributed by atoms with Gasteiger partial charge >= 0.3 is 0 Å². The zero-order chi connectivity index (χ0) is 22.9. The molecule has 1 unspecified atom stereocenters. The van der Waals surface area contributed by atoms with Crippen LogP contribution in [0.15, 0.2) is 66.7 Å². The summed E-state index contributed by atoms with van der Waals surface area (Å²) in [4.78, 5) is 7.77. The van der Waals surface area contributed by atoms with Crippen molar-refractivity contribution >= 4 is 11.3 Å². The fraction of sp³-hybridized carbons (Fsp3) is 0.483. The van der Waals surface area contributed by atoms with E-state index >= 15 is 0 Å². The minimum absolute atomic E-state index is 0.0949. The fourth-order valence-electron chi connectivity index (χ4n) is 5.18. The summed E-state index contributed by atoms with van der Waals surface area (Å²) in [7, 11) is 2.05. The number of hydrogen-bond acceptors (Lipinski definition) is 4. The van der Waals surface area contributed by atoms with Crippen LogP contribution in [0.4, 0.5) is 5.69 Å². The van der Waals surface area contributed by atoms with E-state index < -0.39 is 0 Å². The molecule has 0 spiro atoms. The lowest BCUT2D eigenvalue weighted by atomic mass is 9.81. The lowest BCUT2D eigenvalue weighted by molar-refractivity contribution is 0.150. The van der Waals surface area contributed by atoms with Gasteiger partial charge in [0.15, 0.2) is 0 Å². The minimum atomic E-state index is 0.0949. The zero-order valence-electron chi connectivity index (χ0n) is 20.4. The van der Waals surface area contributed by atoms with Crippen molar-refractivity contribution in [1.29, 1.82) is 0 Å². The number of benzene rings is 2. The highest BCUT2D eigenvalue weighted by molar-refractivity contribution is 5.66. The van der Waals surface area contributed by atoms with Gasteiger partial charge in [0.1, 0.15) is 0 Å². The van der Waals surface area contributed by atoms with Gasteiger partial charge in [-0.3, -0.25) is 9.80 Å². The third-order valence-corrected chi connectivity index (χ3v) is 7.35. The van der Waals surface area contributed by atoms with Crippen LogP contribution in [-0.2, 0) is 0 Å². The molecule has 2 aromatic carbocycles. The van der Waals surface area contributed by atoms with E-state index in [0.29, 0.717) is 0 Å². The summed E-state index contributed by atoms with van der Waals surface area (Å²) in [5.74, 6) is 0. The van der Waals surface area contributed by atoms with Crippen molar-refractivity contribution in [3.05, 3.63) is 79.2 Å². The number of rotatable bonds is 10. The Morgan fingerprint density at radius 1 is 0.848 bits per heavy atom. The summed E-state index contributed by atoms with van der Waals surface area (Å²) in [5, 5.41) is 3.36. The van der Waals surface area contributed by atoms with Crippen LogP contribution in [0.1, 0.15) is 24.8 Å². The van der Waals surface area contributed by atoms with Crippen LogP contribution < -0.4 is 10.2 Å². The number of hydrogen-bond donors (Lipinski definition) is 1. The van der Waals surface area contributed by atoms with Crippen LogP contribution in [0.2, 0.25) is 0 Å². The van der Waals surface area contributed by atoms with Gasteiger partial charge in [-0.25, -0.2) is 0 Å². The van der Waals surface area contributed by atoms with E-state index in [-0.39, 0.29) is 5.41 Å². The fourth-order valence-corrected chi connectivity index (χ4v) is 5.18. The Morgan fingerprint density at radius 3 is 2.18 bits per heavy atom. The molecule has 0 amide bonds. The molecule has 1 fully saturated rings. The second-order valence-electron chi connectivity index (χ2n) is 9.85. The minimum Gasteiger partial charge on any atom is -0.369 e. The molecule has 2 aliphatic heterocycles. The number of piperazine rings is 1. The van der Waals surface area contributed by atoms with E-state index in [2.05, 4.69) is 93.8 Å². The molecular formula is C29H41N4. The van der Waals surface area contributed by atoms with Gasteiger partial charge in [-0.15, -0.1) is 0 Å². The first-order valence-electron chi connectivity index (χ1n) is 12.6. The molecule has 0 saturated carbocycles. The normalized spacial score (nSPS) is 19.8. The van der Waals surface area contributed by atoms with Crippen molar-refractivity contribution in [2.24, 2.45) is 5.41 Å². The molecule has 0 aromatic heterocycles. The van der Waals surface area contributed by atoms with Crippen molar-refractivity contribution in [2.75, 3.05) is 70.9 Å². The maximum Gasteiger partial charge on any atom is 0.0367 e. The molecular weight excluding hydrogens is 404 g/mol. The van der Waals surface area contributed by atoms with Gasteiger partial charge < -0.3 is 10.2 Å². The molecule has 1 atom stereocenters. The predicted molar refractivity (Wildman–Crippen MR) is 142 cm³/mol. The van der Waals surface area contributed by atoms with Gasteiger partial charge in [-0.1, -0.05) is 54.6 Å². The number of anilines is 1. The van der Waals surface area contributed by atoms with Crippen molar-refractivity contribution in [2.45, 2.75) is 19.3 Å². The molecule has 1 saturated heterocycles. The van der Waals surface area contributed by atoms with Gasteiger partial charge in [0.25, 0.3) is 0 Å². The first-order chi connectivity index (χ1) is 16.1. The maximum absolute atomic E-state index is 4.79. The quantitative estimate of drug-likeness (QED) is 0.584. The van der Waals surface area contributed by atoms with Crippen LogP contribution in [0.3, 0.4) is 0 Å². The number of para-hydroxylation sites is 1. The molecule has 177 valence electrons. The first-order valence-corrected chi connectivity index (χ1v) is 12.6. The SMILES string of the molecule is [CH2]C(CCNC)(CCN1CCN(c2ccccc2)CC1)CN1CC=C(c2ccccc2)CC1. The molecule has 33 heavy (non-hydrogen) atoms. The zero-order valence-corrected chi connectivity index (χ0v) is 20.4. The van der Waals surface area contributed by atoms with Crippen molar-refractivity contribution in [1.82, 2.24) is 15.1 Å². The lowest BCUT2D eigenvalue weighted by Gasteiger charge is -2.40. The average Bonchev–Trinajstić information content (AvgIpc) is 2.88. The summed E-state index contributed by atoms with van der Waals surface area (Å²) in [6.07, 6.45) is 5.85. The second kappa shape index (κ2) is 11.8. The van der Waals surface area contributed by atoms with Gasteiger partial charge in [0, 0.05) is 51.5 Å². The largest absolute Gasteiger partial charge is 0.369 e. The van der Waals surface area contributed by atoms with Gasteiger partial charge in [-0.05, 0) is 75.0 Å². The molecule has 1 N–H and O–H groups in total. The van der Waals surface area contributed by atoms with Crippen molar-refractivity contribution in [3.8, 4) is 0 Å². The summed E-state index contributed by atoms with van der Waals surface area (Å²) in [6, 6.07) is 21.7. The Balaban J connectivity index is 1.28. The summed E-state index contributed by atoms with van der Waals surface area (Å²) in [5.41, 5.74) is 4.32. The summed E-state index contributed by atoms with van der Waals surface area (Å²) < 4.78 is 0. The van der Waals surface area contributed by atoms with E-state index in [4.69, 9.17) is 6.92 Å². The van der Waals surface area contributed by atoms with E-state index in [1.54, 1.807) is 0 Å². The Hall–Kier alpha value is -2.14. The van der Waals surface area contributed by atoms with Gasteiger partial charge in [0.2, 0.25) is 0 Å². The highest BCUT2D eigenvalue weighted by Gasteiger charge is 2.29. The number of nitrogens with one attached hydrogen (secondary N) is 1. The molecule has 0 aliphatic carbocycles. The summed E-state index contributed by atoms with van der Waals surface area (Å²) >= 11 is 0. The highest BCUT2D eigenvalue weighted by atomic mass is 15.3. The van der Waals surface area contributed by atoms with Crippen molar-refractivity contribution < 1.29 is 0 Å². The molecule has 0 bridgehead atoms. The second-order valence-corrected chi connectivity index (χ2v) is 9.85. The highest BCUT2D eigenvalue weighted by Crippen LogP contribution is 2.30. The lowest BCUT2D eigenvalue weighted by Crippen LogP contribution is -2.48. The molecule has 2 aliphatic rings. The van der Waals surface area contributed by atoms with Crippen LogP contribution in [0, 0.1) is 12.3 Å². The van der Waals surface area contributed by atoms with Crippen LogP contribution >= 0.6 is 0 Å². The van der Waals surface area contributed by atoms with Crippen LogP contribution in [-0.4, -0.2) is 75.8 Å². The first kappa shape index (κ1) is 24.0. The van der Waals surface area contributed by atoms with E-state index in [9.17, 15) is 0 Å². The molecule has 1 radical (unpaired) electrons. The predicted octanol–water partition coefficient (Wildman–Crippen LogP) is 4.42. The smallest absolute Gasteiger partial charge is 0.0367 e. The van der Waals surface area contributed by atoms with Gasteiger partial charge in [-0.2, -0.15) is 0 Å². The molecule has 4 rings (SSSR count). The average molecular weight is 446 g/mol. The monoisotopic (exact) mass is 445 g/mol. The molecule has 2 aromatic rings. The third-order valence-electron chi connectivity index (χ3n) is 7.35.